The first-order valence-corrected chi connectivity index (χ1v) is 8.04. The van der Waals surface area contributed by atoms with Gasteiger partial charge in [-0.25, -0.2) is 4.79 Å². The molecule has 0 saturated carbocycles. The Morgan fingerprint density at radius 3 is 2.52 bits per heavy atom. The summed E-state index contributed by atoms with van der Waals surface area (Å²) in [5, 5.41) is 6.85. The van der Waals surface area contributed by atoms with E-state index in [0.29, 0.717) is 11.6 Å². The molecule has 0 radical (unpaired) electrons. The van der Waals surface area contributed by atoms with Crippen molar-refractivity contribution < 1.29 is 4.79 Å². The Kier molecular flexibility index (Phi) is 5.69. The Morgan fingerprint density at radius 2 is 1.88 bits per heavy atom. The number of nitrogens with one attached hydrogen (secondary N) is 2. The number of halogens is 1. The highest BCUT2D eigenvalue weighted by Gasteiger charge is 2.15. The molecule has 0 bridgehead atoms. The number of amides is 2. The van der Waals surface area contributed by atoms with E-state index < -0.39 is 0 Å². The molecular formula is C19H23ClN4O. The Hall–Kier alpha value is -2.53. The molecule has 3 aromatic rings. The molecule has 2 heterocycles. The zero-order valence-corrected chi connectivity index (χ0v) is 15.6. The van der Waals surface area contributed by atoms with Gasteiger partial charge in [-0.1, -0.05) is 13.8 Å². The molecular weight excluding hydrogens is 336 g/mol. The third kappa shape index (κ3) is 3.77. The number of rotatable bonds is 3. The molecule has 0 atom stereocenters. The standard InChI is InChI=1S/C19H22N4O.ClH/c1-12(2)18-13(3)23(4)17-8-7-14(10-16(17)18)21-19(24)22-15-6-5-9-20-11-15;/h5-12H,1-4H3,(H2,21,22,24);1H. The molecule has 0 unspecified atom stereocenters. The fourth-order valence-corrected chi connectivity index (χ4v) is 3.14. The minimum Gasteiger partial charge on any atom is -0.348 e. The van der Waals surface area contributed by atoms with Crippen LogP contribution in [0, 0.1) is 6.92 Å². The second-order valence-electron chi connectivity index (χ2n) is 6.27. The molecule has 3 rings (SSSR count). The summed E-state index contributed by atoms with van der Waals surface area (Å²) in [6.07, 6.45) is 3.28. The van der Waals surface area contributed by atoms with Crippen molar-refractivity contribution in [2.45, 2.75) is 26.7 Å². The normalized spacial score (nSPS) is 10.6. The Bertz CT molecular complexity index is 887. The molecule has 0 aliphatic heterocycles. The van der Waals surface area contributed by atoms with E-state index in [4.69, 9.17) is 0 Å². The van der Waals surface area contributed by atoms with E-state index in [1.54, 1.807) is 24.5 Å². The SMILES string of the molecule is Cc1c(C(C)C)c2cc(NC(=O)Nc3cccnc3)ccc2n1C.Cl. The summed E-state index contributed by atoms with van der Waals surface area (Å²) < 4.78 is 2.20. The van der Waals surface area contributed by atoms with Gasteiger partial charge in [-0.15, -0.1) is 12.4 Å². The predicted octanol–water partition coefficient (Wildman–Crippen LogP) is 5.07. The van der Waals surface area contributed by atoms with Gasteiger partial charge >= 0.3 is 6.03 Å². The number of carbonyl (C=O) groups excluding carboxylic acids is 1. The van der Waals surface area contributed by atoms with Crippen molar-refractivity contribution in [1.29, 1.82) is 0 Å². The number of hydrogen-bond donors (Lipinski definition) is 2. The van der Waals surface area contributed by atoms with Crippen LogP contribution in [0.4, 0.5) is 16.2 Å². The van der Waals surface area contributed by atoms with Gasteiger partial charge < -0.3 is 15.2 Å². The predicted molar refractivity (Wildman–Crippen MR) is 106 cm³/mol. The van der Waals surface area contributed by atoms with Gasteiger partial charge in [0, 0.05) is 35.5 Å². The lowest BCUT2D eigenvalue weighted by molar-refractivity contribution is 0.262. The van der Waals surface area contributed by atoms with Crippen LogP contribution in [0.1, 0.15) is 31.0 Å². The quantitative estimate of drug-likeness (QED) is 0.686. The molecule has 2 amide bonds. The lowest BCUT2D eigenvalue weighted by Gasteiger charge is -2.09. The van der Waals surface area contributed by atoms with Crippen LogP contribution in [0.2, 0.25) is 0 Å². The summed E-state index contributed by atoms with van der Waals surface area (Å²) in [7, 11) is 2.08. The summed E-state index contributed by atoms with van der Waals surface area (Å²) in [4.78, 5) is 16.1. The van der Waals surface area contributed by atoms with E-state index >= 15 is 0 Å². The van der Waals surface area contributed by atoms with Gasteiger partial charge in [-0.05, 0) is 48.7 Å². The molecule has 25 heavy (non-hydrogen) atoms. The minimum absolute atomic E-state index is 0. The van der Waals surface area contributed by atoms with Crippen molar-refractivity contribution in [2.24, 2.45) is 7.05 Å². The van der Waals surface area contributed by atoms with E-state index in [0.717, 1.165) is 5.69 Å². The van der Waals surface area contributed by atoms with E-state index in [2.05, 4.69) is 48.0 Å². The zero-order chi connectivity index (χ0) is 17.3. The highest BCUT2D eigenvalue weighted by Crippen LogP contribution is 2.32. The van der Waals surface area contributed by atoms with Crippen molar-refractivity contribution in [3.63, 3.8) is 0 Å². The number of benzene rings is 1. The smallest absolute Gasteiger partial charge is 0.323 e. The topological polar surface area (TPSA) is 59.0 Å². The fourth-order valence-electron chi connectivity index (χ4n) is 3.14. The second-order valence-corrected chi connectivity index (χ2v) is 6.27. The zero-order valence-electron chi connectivity index (χ0n) is 14.8. The highest BCUT2D eigenvalue weighted by molar-refractivity contribution is 6.01. The monoisotopic (exact) mass is 358 g/mol. The number of hydrogen-bond acceptors (Lipinski definition) is 2. The molecule has 6 heteroatoms. The molecule has 0 saturated heterocycles. The van der Waals surface area contributed by atoms with Crippen molar-refractivity contribution >= 4 is 40.7 Å². The Labute approximate surface area is 153 Å². The van der Waals surface area contributed by atoms with Crippen LogP contribution in [0.5, 0.6) is 0 Å². The molecule has 2 N–H and O–H groups in total. The molecule has 0 aliphatic carbocycles. The van der Waals surface area contributed by atoms with Crippen molar-refractivity contribution in [3.8, 4) is 0 Å². The van der Waals surface area contributed by atoms with Gasteiger partial charge in [-0.3, -0.25) is 4.98 Å². The van der Waals surface area contributed by atoms with Gasteiger partial charge in [0.15, 0.2) is 0 Å². The number of pyridine rings is 1. The number of aryl methyl sites for hydroxylation is 1. The number of aromatic nitrogens is 2. The summed E-state index contributed by atoms with van der Waals surface area (Å²) in [6, 6.07) is 9.32. The molecule has 0 spiro atoms. The summed E-state index contributed by atoms with van der Waals surface area (Å²) in [5.41, 5.74) is 5.20. The van der Waals surface area contributed by atoms with Crippen LogP contribution < -0.4 is 10.6 Å². The summed E-state index contributed by atoms with van der Waals surface area (Å²) in [5.74, 6) is 0.424. The molecule has 132 valence electrons. The summed E-state index contributed by atoms with van der Waals surface area (Å²) >= 11 is 0. The van der Waals surface area contributed by atoms with Crippen LogP contribution in [-0.4, -0.2) is 15.6 Å². The maximum atomic E-state index is 12.2. The minimum atomic E-state index is -0.277. The third-order valence-electron chi connectivity index (χ3n) is 4.30. The molecule has 5 nitrogen and oxygen atoms in total. The average molecular weight is 359 g/mol. The van der Waals surface area contributed by atoms with Crippen molar-refractivity contribution in [3.05, 3.63) is 54.0 Å². The van der Waals surface area contributed by atoms with Gasteiger partial charge in [0.2, 0.25) is 0 Å². The van der Waals surface area contributed by atoms with Crippen LogP contribution in [0.15, 0.2) is 42.7 Å². The molecule has 0 aliphatic rings. The van der Waals surface area contributed by atoms with Crippen molar-refractivity contribution in [2.75, 3.05) is 10.6 Å². The number of carbonyl (C=O) groups is 1. The highest BCUT2D eigenvalue weighted by atomic mass is 35.5. The second kappa shape index (κ2) is 7.57. The maximum Gasteiger partial charge on any atom is 0.323 e. The Morgan fingerprint density at radius 1 is 1.16 bits per heavy atom. The van der Waals surface area contributed by atoms with Gasteiger partial charge in [0.1, 0.15) is 0 Å². The average Bonchev–Trinajstić information content (AvgIpc) is 2.79. The van der Waals surface area contributed by atoms with E-state index in [1.807, 2.05) is 18.2 Å². The van der Waals surface area contributed by atoms with Gasteiger partial charge in [0.25, 0.3) is 0 Å². The van der Waals surface area contributed by atoms with E-state index in [9.17, 15) is 4.79 Å². The first-order chi connectivity index (χ1) is 11.5. The lowest BCUT2D eigenvalue weighted by Crippen LogP contribution is -2.19. The van der Waals surface area contributed by atoms with E-state index in [1.165, 1.54) is 22.2 Å². The van der Waals surface area contributed by atoms with E-state index in [-0.39, 0.29) is 18.4 Å². The number of anilines is 2. The number of nitrogens with zero attached hydrogens (tertiary/aromatic N) is 2. The molecule has 0 fully saturated rings. The van der Waals surface area contributed by atoms with Crippen LogP contribution in [0.3, 0.4) is 0 Å². The number of fused-ring (bicyclic) bond motifs is 1. The number of urea groups is 1. The maximum absolute atomic E-state index is 12.2. The largest absolute Gasteiger partial charge is 0.348 e. The first kappa shape index (κ1) is 18.8. The molecule has 1 aromatic carbocycles. The lowest BCUT2D eigenvalue weighted by atomic mass is 9.99. The van der Waals surface area contributed by atoms with Crippen LogP contribution in [0.25, 0.3) is 10.9 Å². The summed E-state index contributed by atoms with van der Waals surface area (Å²) in [6.45, 7) is 6.52. The Balaban J connectivity index is 0.00000225. The first-order valence-electron chi connectivity index (χ1n) is 8.04. The van der Waals surface area contributed by atoms with Gasteiger partial charge in [0.05, 0.1) is 11.9 Å². The third-order valence-corrected chi connectivity index (χ3v) is 4.30. The fraction of sp³-hybridized carbons (Fsp3) is 0.263. The van der Waals surface area contributed by atoms with Crippen LogP contribution >= 0.6 is 12.4 Å². The van der Waals surface area contributed by atoms with Crippen molar-refractivity contribution in [1.82, 2.24) is 9.55 Å². The van der Waals surface area contributed by atoms with Crippen LogP contribution in [-0.2, 0) is 7.05 Å². The van der Waals surface area contributed by atoms with Gasteiger partial charge in [-0.2, -0.15) is 0 Å². The molecule has 2 aromatic heterocycles.